The predicted octanol–water partition coefficient (Wildman–Crippen LogP) is 3.49. The summed E-state index contributed by atoms with van der Waals surface area (Å²) in [6.45, 7) is 2.63. The summed E-state index contributed by atoms with van der Waals surface area (Å²) < 4.78 is 13.9. The molecule has 2 N–H and O–H groups in total. The Morgan fingerprint density at radius 3 is 2.48 bits per heavy atom. The van der Waals surface area contributed by atoms with Crippen molar-refractivity contribution in [3.63, 3.8) is 0 Å². The van der Waals surface area contributed by atoms with E-state index in [9.17, 15) is 18.8 Å². The van der Waals surface area contributed by atoms with Gasteiger partial charge in [0.05, 0.1) is 16.8 Å². The molecule has 8 heteroatoms. The third kappa shape index (κ3) is 3.71. The fraction of sp³-hybridized carbons (Fsp3) is 0.280. The molecule has 33 heavy (non-hydrogen) atoms. The number of rotatable bonds is 3. The van der Waals surface area contributed by atoms with Crippen LogP contribution in [0.25, 0.3) is 22.2 Å². The molecule has 1 aromatic heterocycles. The molecule has 2 aliphatic heterocycles. The van der Waals surface area contributed by atoms with Gasteiger partial charge in [-0.15, -0.1) is 0 Å². The lowest BCUT2D eigenvalue weighted by atomic mass is 9.79. The van der Waals surface area contributed by atoms with Crippen molar-refractivity contribution in [1.82, 2.24) is 20.5 Å². The molecule has 2 aromatic carbocycles. The van der Waals surface area contributed by atoms with Gasteiger partial charge in [0.1, 0.15) is 11.4 Å². The first-order valence-electron chi connectivity index (χ1n) is 10.9. The number of carbonyl (C=O) groups is 3. The number of fused-ring (bicyclic) bond motifs is 1. The topological polar surface area (TPSA) is 91.4 Å². The van der Waals surface area contributed by atoms with E-state index in [2.05, 4.69) is 15.6 Å². The summed E-state index contributed by atoms with van der Waals surface area (Å²) in [6.07, 6.45) is 1.16. The Morgan fingerprint density at radius 1 is 1.09 bits per heavy atom. The van der Waals surface area contributed by atoms with Gasteiger partial charge in [-0.3, -0.25) is 14.9 Å². The van der Waals surface area contributed by atoms with Crippen molar-refractivity contribution in [3.05, 3.63) is 66.0 Å². The lowest BCUT2D eigenvalue weighted by molar-refractivity contribution is -0.125. The van der Waals surface area contributed by atoms with Crippen molar-refractivity contribution in [1.29, 1.82) is 0 Å². The molecule has 0 saturated carbocycles. The highest BCUT2D eigenvalue weighted by Crippen LogP contribution is 2.32. The average molecular weight is 446 g/mol. The molecule has 0 bridgehead atoms. The number of halogens is 1. The second-order valence-electron chi connectivity index (χ2n) is 8.76. The highest BCUT2D eigenvalue weighted by molar-refractivity contribution is 6.08. The Morgan fingerprint density at radius 2 is 1.82 bits per heavy atom. The number of nitrogens with one attached hydrogen (secondary N) is 2. The molecule has 2 aliphatic rings. The Kier molecular flexibility index (Phi) is 5.08. The van der Waals surface area contributed by atoms with Gasteiger partial charge >= 0.3 is 6.03 Å². The molecule has 7 nitrogen and oxygen atoms in total. The summed E-state index contributed by atoms with van der Waals surface area (Å²) in [5, 5.41) is 5.63. The molecule has 1 atom stereocenters. The zero-order chi connectivity index (χ0) is 23.2. The number of imide groups is 1. The van der Waals surface area contributed by atoms with Crippen LogP contribution in [0.15, 0.2) is 54.6 Å². The smallest absolute Gasteiger partial charge is 0.322 e. The molecule has 2 fully saturated rings. The Labute approximate surface area is 190 Å². The van der Waals surface area contributed by atoms with Crippen molar-refractivity contribution in [2.24, 2.45) is 5.92 Å². The molecule has 3 heterocycles. The monoisotopic (exact) mass is 446 g/mol. The number of hydrogen-bond acceptors (Lipinski definition) is 4. The van der Waals surface area contributed by atoms with Crippen LogP contribution in [-0.4, -0.2) is 46.4 Å². The summed E-state index contributed by atoms with van der Waals surface area (Å²) in [4.78, 5) is 43.8. The van der Waals surface area contributed by atoms with E-state index in [4.69, 9.17) is 0 Å². The minimum absolute atomic E-state index is 0.0730. The average Bonchev–Trinajstić information content (AvgIpc) is 3.10. The van der Waals surface area contributed by atoms with Crippen molar-refractivity contribution in [2.45, 2.75) is 25.3 Å². The van der Waals surface area contributed by atoms with Crippen LogP contribution < -0.4 is 10.6 Å². The van der Waals surface area contributed by atoms with Crippen molar-refractivity contribution in [3.8, 4) is 11.3 Å². The maximum Gasteiger partial charge on any atom is 0.322 e. The molecule has 168 valence electrons. The molecule has 2 saturated heterocycles. The fourth-order valence-corrected chi connectivity index (χ4v) is 4.81. The van der Waals surface area contributed by atoms with Gasteiger partial charge in [-0.25, -0.2) is 14.2 Å². The zero-order valence-electron chi connectivity index (χ0n) is 18.1. The standard InChI is InChI=1S/C25H23FN4O3/c1-25(23(32)28-24(33)29-25)16-9-11-30(12-10-16)22(31)19-14-20(15-5-3-2-4-6-15)27-21-13-17(26)7-8-18(19)21/h2-8,13-14,16H,9-12H2,1H3,(H2,28,29,32,33). The number of hydrogen-bond donors (Lipinski definition) is 2. The number of benzene rings is 2. The van der Waals surface area contributed by atoms with Crippen LogP contribution in [0.4, 0.5) is 9.18 Å². The summed E-state index contributed by atoms with van der Waals surface area (Å²) in [7, 11) is 0. The van der Waals surface area contributed by atoms with Crippen LogP contribution >= 0.6 is 0 Å². The number of urea groups is 1. The Hall–Kier alpha value is -3.81. The number of nitrogens with zero attached hydrogens (tertiary/aromatic N) is 2. The summed E-state index contributed by atoms with van der Waals surface area (Å²) in [6, 6.07) is 15.0. The molecule has 5 rings (SSSR count). The van der Waals surface area contributed by atoms with E-state index < -0.39 is 17.4 Å². The van der Waals surface area contributed by atoms with E-state index in [1.54, 1.807) is 24.0 Å². The maximum atomic E-state index is 13.9. The van der Waals surface area contributed by atoms with E-state index in [-0.39, 0.29) is 17.7 Å². The minimum Gasteiger partial charge on any atom is -0.339 e. The molecule has 4 amide bonds. The Balaban J connectivity index is 1.44. The largest absolute Gasteiger partial charge is 0.339 e. The van der Waals surface area contributed by atoms with Crippen LogP contribution in [0.2, 0.25) is 0 Å². The lowest BCUT2D eigenvalue weighted by Crippen LogP contribution is -2.54. The van der Waals surface area contributed by atoms with Crippen LogP contribution in [-0.2, 0) is 4.79 Å². The first-order valence-corrected chi connectivity index (χ1v) is 10.9. The van der Waals surface area contributed by atoms with Gasteiger partial charge in [0.25, 0.3) is 11.8 Å². The van der Waals surface area contributed by atoms with Crippen LogP contribution in [0.3, 0.4) is 0 Å². The highest BCUT2D eigenvalue weighted by Gasteiger charge is 2.48. The van der Waals surface area contributed by atoms with Gasteiger partial charge in [-0.05, 0) is 43.9 Å². The van der Waals surface area contributed by atoms with Gasteiger partial charge in [0, 0.05) is 30.1 Å². The number of carbonyl (C=O) groups excluding carboxylic acids is 3. The fourth-order valence-electron chi connectivity index (χ4n) is 4.81. The third-order valence-corrected chi connectivity index (χ3v) is 6.74. The van der Waals surface area contributed by atoms with E-state index in [0.717, 1.165) is 5.56 Å². The van der Waals surface area contributed by atoms with E-state index in [1.165, 1.54) is 12.1 Å². The number of piperidine rings is 1. The van der Waals surface area contributed by atoms with Crippen molar-refractivity contribution in [2.75, 3.05) is 13.1 Å². The molecule has 0 spiro atoms. The lowest BCUT2D eigenvalue weighted by Gasteiger charge is -2.38. The summed E-state index contributed by atoms with van der Waals surface area (Å²) in [5.41, 5.74) is 1.37. The number of likely N-dealkylation sites (tertiary alicyclic amines) is 1. The van der Waals surface area contributed by atoms with Gasteiger partial charge in [0.2, 0.25) is 0 Å². The Bertz CT molecular complexity index is 1270. The second kappa shape index (κ2) is 7.95. The quantitative estimate of drug-likeness (QED) is 0.603. The molecule has 3 aromatic rings. The van der Waals surface area contributed by atoms with Gasteiger partial charge in [-0.1, -0.05) is 30.3 Å². The molecule has 0 radical (unpaired) electrons. The predicted molar refractivity (Wildman–Crippen MR) is 121 cm³/mol. The van der Waals surface area contributed by atoms with E-state index in [0.29, 0.717) is 48.1 Å². The minimum atomic E-state index is -0.965. The number of aromatic nitrogens is 1. The summed E-state index contributed by atoms with van der Waals surface area (Å²) in [5.74, 6) is -0.970. The van der Waals surface area contributed by atoms with Gasteiger partial charge < -0.3 is 10.2 Å². The second-order valence-corrected chi connectivity index (χ2v) is 8.76. The van der Waals surface area contributed by atoms with Crippen molar-refractivity contribution >= 4 is 28.7 Å². The molecular formula is C25H23FN4O3. The van der Waals surface area contributed by atoms with E-state index >= 15 is 0 Å². The van der Waals surface area contributed by atoms with E-state index in [1.807, 2.05) is 30.3 Å². The number of pyridine rings is 1. The molecular weight excluding hydrogens is 423 g/mol. The van der Waals surface area contributed by atoms with Gasteiger partial charge in [0.15, 0.2) is 0 Å². The molecule has 0 aliphatic carbocycles. The van der Waals surface area contributed by atoms with Crippen molar-refractivity contribution < 1.29 is 18.8 Å². The number of amides is 4. The highest BCUT2D eigenvalue weighted by atomic mass is 19.1. The first kappa shape index (κ1) is 21.1. The molecule has 1 unspecified atom stereocenters. The first-order chi connectivity index (χ1) is 15.8. The van der Waals surface area contributed by atoms with Crippen LogP contribution in [0.1, 0.15) is 30.1 Å². The summed E-state index contributed by atoms with van der Waals surface area (Å²) >= 11 is 0. The van der Waals surface area contributed by atoms with Gasteiger partial charge in [-0.2, -0.15) is 0 Å². The van der Waals surface area contributed by atoms with Crippen LogP contribution in [0, 0.1) is 11.7 Å². The normalized spacial score (nSPS) is 21.2. The maximum absolute atomic E-state index is 13.9. The SMILES string of the molecule is CC1(C2CCN(C(=O)c3cc(-c4ccccc4)nc4cc(F)ccc34)CC2)NC(=O)NC1=O. The zero-order valence-corrected chi connectivity index (χ0v) is 18.1. The third-order valence-electron chi connectivity index (χ3n) is 6.74. The van der Waals surface area contributed by atoms with Crippen LogP contribution in [0.5, 0.6) is 0 Å².